The summed E-state index contributed by atoms with van der Waals surface area (Å²) >= 11 is 0. The van der Waals surface area contributed by atoms with Gasteiger partial charge >= 0.3 is 0 Å². The zero-order valence-corrected chi connectivity index (χ0v) is 11.7. The van der Waals surface area contributed by atoms with Gasteiger partial charge in [0.25, 0.3) is 0 Å². The van der Waals surface area contributed by atoms with Crippen LogP contribution < -0.4 is 0 Å². The SMILES string of the molecule is COCCC1CCCCC1C(=O)CCC(C)C. The van der Waals surface area contributed by atoms with Gasteiger partial charge in [0, 0.05) is 26.1 Å². The maximum atomic E-state index is 12.2. The van der Waals surface area contributed by atoms with E-state index in [1.807, 2.05) is 0 Å². The first-order valence-corrected chi connectivity index (χ1v) is 7.16. The Morgan fingerprint density at radius 1 is 1.29 bits per heavy atom. The van der Waals surface area contributed by atoms with Gasteiger partial charge in [0.2, 0.25) is 0 Å². The number of carbonyl (C=O) groups is 1. The van der Waals surface area contributed by atoms with Gasteiger partial charge in [-0.15, -0.1) is 0 Å². The molecule has 0 aliphatic heterocycles. The van der Waals surface area contributed by atoms with E-state index in [0.717, 1.165) is 32.3 Å². The van der Waals surface area contributed by atoms with Crippen LogP contribution in [0, 0.1) is 17.8 Å². The standard InChI is InChI=1S/C15H28O2/c1-12(2)8-9-15(16)14-7-5-4-6-13(14)10-11-17-3/h12-14H,4-11H2,1-3H3. The van der Waals surface area contributed by atoms with Gasteiger partial charge in [0.1, 0.15) is 5.78 Å². The molecular formula is C15H28O2. The summed E-state index contributed by atoms with van der Waals surface area (Å²) in [7, 11) is 1.75. The largest absolute Gasteiger partial charge is 0.385 e. The second-order valence-corrected chi connectivity index (χ2v) is 5.83. The van der Waals surface area contributed by atoms with Crippen molar-refractivity contribution in [2.75, 3.05) is 13.7 Å². The normalized spacial score (nSPS) is 25.2. The van der Waals surface area contributed by atoms with Crippen LogP contribution in [-0.4, -0.2) is 19.5 Å². The molecule has 100 valence electrons. The Kier molecular flexibility index (Phi) is 6.79. The van der Waals surface area contributed by atoms with Crippen molar-refractivity contribution in [1.29, 1.82) is 0 Å². The molecule has 17 heavy (non-hydrogen) atoms. The Labute approximate surface area is 106 Å². The highest BCUT2D eigenvalue weighted by molar-refractivity contribution is 5.81. The highest BCUT2D eigenvalue weighted by Gasteiger charge is 2.29. The molecular weight excluding hydrogens is 212 g/mol. The topological polar surface area (TPSA) is 26.3 Å². The van der Waals surface area contributed by atoms with Crippen molar-refractivity contribution in [3.05, 3.63) is 0 Å². The first kappa shape index (κ1) is 14.7. The van der Waals surface area contributed by atoms with E-state index in [9.17, 15) is 4.79 Å². The molecule has 0 saturated heterocycles. The number of methoxy groups -OCH3 is 1. The fourth-order valence-electron chi connectivity index (χ4n) is 2.86. The van der Waals surface area contributed by atoms with E-state index in [1.165, 1.54) is 19.3 Å². The number of ketones is 1. The third-order valence-electron chi connectivity index (χ3n) is 3.98. The number of hydrogen-bond acceptors (Lipinski definition) is 2. The van der Waals surface area contributed by atoms with Gasteiger partial charge in [-0.3, -0.25) is 4.79 Å². The molecule has 1 aliphatic carbocycles. The van der Waals surface area contributed by atoms with Gasteiger partial charge in [0.15, 0.2) is 0 Å². The number of Topliss-reactive ketones (excluding diaryl/α,β-unsaturated/α-hetero) is 1. The van der Waals surface area contributed by atoms with E-state index in [0.29, 0.717) is 23.5 Å². The monoisotopic (exact) mass is 240 g/mol. The molecule has 2 nitrogen and oxygen atoms in total. The van der Waals surface area contributed by atoms with Crippen molar-refractivity contribution in [3.8, 4) is 0 Å². The first-order chi connectivity index (χ1) is 8.15. The van der Waals surface area contributed by atoms with Gasteiger partial charge in [-0.25, -0.2) is 0 Å². The summed E-state index contributed by atoms with van der Waals surface area (Å²) in [6.07, 6.45) is 7.77. The summed E-state index contributed by atoms with van der Waals surface area (Å²) < 4.78 is 5.16. The fraction of sp³-hybridized carbons (Fsp3) is 0.933. The zero-order valence-electron chi connectivity index (χ0n) is 11.7. The lowest BCUT2D eigenvalue weighted by molar-refractivity contribution is -0.126. The van der Waals surface area contributed by atoms with Gasteiger partial charge < -0.3 is 4.74 Å². The van der Waals surface area contributed by atoms with Crippen LogP contribution in [0.15, 0.2) is 0 Å². The van der Waals surface area contributed by atoms with Crippen LogP contribution in [0.4, 0.5) is 0 Å². The number of ether oxygens (including phenoxy) is 1. The summed E-state index contributed by atoms with van der Waals surface area (Å²) in [6, 6.07) is 0. The molecule has 0 aromatic rings. The minimum atomic E-state index is 0.331. The number of hydrogen-bond donors (Lipinski definition) is 0. The molecule has 1 aliphatic rings. The van der Waals surface area contributed by atoms with Crippen molar-refractivity contribution in [2.45, 2.75) is 58.8 Å². The molecule has 0 aromatic carbocycles. The van der Waals surface area contributed by atoms with E-state index in [4.69, 9.17) is 4.74 Å². The summed E-state index contributed by atoms with van der Waals surface area (Å²) in [6.45, 7) is 5.19. The highest BCUT2D eigenvalue weighted by Crippen LogP contribution is 2.34. The quantitative estimate of drug-likeness (QED) is 0.676. The second-order valence-electron chi connectivity index (χ2n) is 5.83. The predicted octanol–water partition coefficient (Wildman–Crippen LogP) is 3.83. The van der Waals surface area contributed by atoms with Crippen LogP contribution >= 0.6 is 0 Å². The van der Waals surface area contributed by atoms with Crippen LogP contribution in [0.2, 0.25) is 0 Å². The van der Waals surface area contributed by atoms with Gasteiger partial charge in [-0.1, -0.05) is 26.7 Å². The lowest BCUT2D eigenvalue weighted by Gasteiger charge is -2.30. The zero-order chi connectivity index (χ0) is 12.7. The second kappa shape index (κ2) is 7.86. The fourth-order valence-corrected chi connectivity index (χ4v) is 2.86. The van der Waals surface area contributed by atoms with Gasteiger partial charge in [0.05, 0.1) is 0 Å². The Balaban J connectivity index is 2.42. The van der Waals surface area contributed by atoms with Crippen LogP contribution in [0.5, 0.6) is 0 Å². The molecule has 0 spiro atoms. The van der Waals surface area contributed by atoms with Crippen molar-refractivity contribution < 1.29 is 9.53 Å². The van der Waals surface area contributed by atoms with Crippen LogP contribution in [0.1, 0.15) is 58.8 Å². The highest BCUT2D eigenvalue weighted by atomic mass is 16.5. The van der Waals surface area contributed by atoms with Crippen LogP contribution in [-0.2, 0) is 9.53 Å². The third kappa shape index (κ3) is 5.20. The van der Waals surface area contributed by atoms with Crippen molar-refractivity contribution >= 4 is 5.78 Å². The van der Waals surface area contributed by atoms with Crippen molar-refractivity contribution in [3.63, 3.8) is 0 Å². The van der Waals surface area contributed by atoms with E-state index in [1.54, 1.807) is 7.11 Å². The Hall–Kier alpha value is -0.370. The first-order valence-electron chi connectivity index (χ1n) is 7.16. The molecule has 1 fully saturated rings. The van der Waals surface area contributed by atoms with E-state index < -0.39 is 0 Å². The smallest absolute Gasteiger partial charge is 0.136 e. The van der Waals surface area contributed by atoms with Gasteiger partial charge in [-0.05, 0) is 37.5 Å². The van der Waals surface area contributed by atoms with E-state index >= 15 is 0 Å². The number of rotatable bonds is 7. The van der Waals surface area contributed by atoms with E-state index in [-0.39, 0.29) is 0 Å². The van der Waals surface area contributed by atoms with Crippen LogP contribution in [0.3, 0.4) is 0 Å². The summed E-state index contributed by atoms with van der Waals surface area (Å²) in [5.41, 5.74) is 0. The van der Waals surface area contributed by atoms with E-state index in [2.05, 4.69) is 13.8 Å². The lowest BCUT2D eigenvalue weighted by Crippen LogP contribution is -2.28. The number of carbonyl (C=O) groups excluding carboxylic acids is 1. The molecule has 0 radical (unpaired) electrons. The molecule has 0 amide bonds. The Bertz CT molecular complexity index is 223. The molecule has 0 heterocycles. The molecule has 2 heteroatoms. The molecule has 1 saturated carbocycles. The predicted molar refractivity (Wildman–Crippen MR) is 71.0 cm³/mol. The minimum absolute atomic E-state index is 0.331. The minimum Gasteiger partial charge on any atom is -0.385 e. The van der Waals surface area contributed by atoms with Crippen molar-refractivity contribution in [1.82, 2.24) is 0 Å². The summed E-state index contributed by atoms with van der Waals surface area (Å²) in [5, 5.41) is 0. The molecule has 0 aromatic heterocycles. The summed E-state index contributed by atoms with van der Waals surface area (Å²) in [5.74, 6) is 2.07. The Morgan fingerprint density at radius 3 is 2.65 bits per heavy atom. The summed E-state index contributed by atoms with van der Waals surface area (Å²) in [4.78, 5) is 12.2. The molecule has 2 atom stereocenters. The maximum Gasteiger partial charge on any atom is 0.136 e. The molecule has 0 bridgehead atoms. The average Bonchev–Trinajstić information content (AvgIpc) is 2.33. The maximum absolute atomic E-state index is 12.2. The average molecular weight is 240 g/mol. The Morgan fingerprint density at radius 2 is 2.00 bits per heavy atom. The van der Waals surface area contributed by atoms with Crippen molar-refractivity contribution in [2.24, 2.45) is 17.8 Å². The molecule has 2 unspecified atom stereocenters. The molecule has 1 rings (SSSR count). The molecule has 0 N–H and O–H groups in total. The van der Waals surface area contributed by atoms with Crippen LogP contribution in [0.25, 0.3) is 0 Å². The lowest BCUT2D eigenvalue weighted by atomic mass is 9.74. The third-order valence-corrected chi connectivity index (χ3v) is 3.98. The van der Waals surface area contributed by atoms with Gasteiger partial charge in [-0.2, -0.15) is 0 Å².